The zero-order valence-electron chi connectivity index (χ0n) is 12.4. The van der Waals surface area contributed by atoms with Crippen molar-refractivity contribution in [2.75, 3.05) is 18.4 Å². The van der Waals surface area contributed by atoms with Crippen LogP contribution in [0.25, 0.3) is 0 Å². The quantitative estimate of drug-likeness (QED) is 0.856. The molecule has 1 saturated heterocycles. The van der Waals surface area contributed by atoms with Crippen LogP contribution in [0.1, 0.15) is 46.0 Å². The fraction of sp³-hybridized carbons (Fsp3) is 0.647. The molecule has 0 aromatic heterocycles. The Morgan fingerprint density at radius 2 is 2.00 bits per heavy atom. The van der Waals surface area contributed by atoms with Crippen molar-refractivity contribution in [2.24, 2.45) is 0 Å². The van der Waals surface area contributed by atoms with Gasteiger partial charge in [-0.2, -0.15) is 0 Å². The van der Waals surface area contributed by atoms with Crippen LogP contribution >= 0.6 is 0 Å². The zero-order chi connectivity index (χ0) is 13.5. The maximum absolute atomic E-state index is 3.57. The molecule has 2 heteroatoms. The summed E-state index contributed by atoms with van der Waals surface area (Å²) < 4.78 is 0. The summed E-state index contributed by atoms with van der Waals surface area (Å²) in [7, 11) is 0. The Labute approximate surface area is 118 Å². The first-order valence-electron chi connectivity index (χ1n) is 7.86. The molecule has 0 radical (unpaired) electrons. The highest BCUT2D eigenvalue weighted by atomic mass is 15.2. The van der Waals surface area contributed by atoms with Crippen LogP contribution in [0, 0.1) is 0 Å². The second-order valence-electron chi connectivity index (χ2n) is 5.75. The Morgan fingerprint density at radius 3 is 2.74 bits per heavy atom. The van der Waals surface area contributed by atoms with Crippen LogP contribution in [0.15, 0.2) is 30.3 Å². The molecule has 2 unspecified atom stereocenters. The van der Waals surface area contributed by atoms with Crippen LogP contribution in [0.3, 0.4) is 0 Å². The van der Waals surface area contributed by atoms with E-state index in [1.54, 1.807) is 0 Å². The van der Waals surface area contributed by atoms with Crippen molar-refractivity contribution in [2.45, 2.75) is 58.0 Å². The lowest BCUT2D eigenvalue weighted by Crippen LogP contribution is -2.44. The summed E-state index contributed by atoms with van der Waals surface area (Å²) in [4.78, 5) is 2.73. The summed E-state index contributed by atoms with van der Waals surface area (Å²) >= 11 is 0. The van der Waals surface area contributed by atoms with Gasteiger partial charge >= 0.3 is 0 Å². The molecule has 1 aliphatic rings. The molecule has 1 aliphatic heterocycles. The van der Waals surface area contributed by atoms with Gasteiger partial charge in [-0.3, -0.25) is 4.90 Å². The Kier molecular flexibility index (Phi) is 5.71. The minimum atomic E-state index is 0.614. The number of hydrogen-bond donors (Lipinski definition) is 1. The number of benzene rings is 1. The van der Waals surface area contributed by atoms with Gasteiger partial charge < -0.3 is 5.32 Å². The maximum atomic E-state index is 3.57. The number of nitrogens with zero attached hydrogens (tertiary/aromatic N) is 1. The highest BCUT2D eigenvalue weighted by Gasteiger charge is 2.23. The summed E-state index contributed by atoms with van der Waals surface area (Å²) in [5.74, 6) is 0. The van der Waals surface area contributed by atoms with E-state index in [9.17, 15) is 0 Å². The van der Waals surface area contributed by atoms with Gasteiger partial charge in [0.2, 0.25) is 0 Å². The Balaban J connectivity index is 1.88. The smallest absolute Gasteiger partial charge is 0.0340 e. The van der Waals surface area contributed by atoms with E-state index in [4.69, 9.17) is 0 Å². The van der Waals surface area contributed by atoms with Gasteiger partial charge in [-0.1, -0.05) is 38.0 Å². The lowest BCUT2D eigenvalue weighted by atomic mass is 10.1. The van der Waals surface area contributed by atoms with E-state index in [0.29, 0.717) is 6.04 Å². The molecule has 2 atom stereocenters. The maximum Gasteiger partial charge on any atom is 0.0340 e. The molecule has 0 saturated carbocycles. The van der Waals surface area contributed by atoms with Crippen molar-refractivity contribution < 1.29 is 0 Å². The third-order valence-corrected chi connectivity index (χ3v) is 4.34. The van der Waals surface area contributed by atoms with Crippen molar-refractivity contribution in [1.82, 2.24) is 4.90 Å². The molecule has 106 valence electrons. The topological polar surface area (TPSA) is 15.3 Å². The molecule has 0 aliphatic carbocycles. The Hall–Kier alpha value is -1.02. The number of nitrogens with one attached hydrogen (secondary N) is 1. The summed E-state index contributed by atoms with van der Waals surface area (Å²) in [5.41, 5.74) is 1.23. The Morgan fingerprint density at radius 1 is 1.21 bits per heavy atom. The Bertz CT molecular complexity index is 350. The van der Waals surface area contributed by atoms with Gasteiger partial charge in [-0.15, -0.1) is 0 Å². The largest absolute Gasteiger partial charge is 0.383 e. The van der Waals surface area contributed by atoms with Crippen LogP contribution in [0.4, 0.5) is 5.69 Å². The second-order valence-corrected chi connectivity index (χ2v) is 5.75. The van der Waals surface area contributed by atoms with E-state index in [-0.39, 0.29) is 0 Å². The van der Waals surface area contributed by atoms with Crippen molar-refractivity contribution in [1.29, 1.82) is 0 Å². The van der Waals surface area contributed by atoms with Crippen LogP contribution in [0.2, 0.25) is 0 Å². The minimum Gasteiger partial charge on any atom is -0.383 e. The van der Waals surface area contributed by atoms with E-state index in [1.807, 2.05) is 0 Å². The molecule has 2 rings (SSSR count). The number of hydrogen-bond acceptors (Lipinski definition) is 2. The number of rotatable bonds is 5. The third kappa shape index (κ3) is 4.24. The average molecular weight is 260 g/mol. The zero-order valence-corrected chi connectivity index (χ0v) is 12.4. The van der Waals surface area contributed by atoms with Gasteiger partial charge in [-0.25, -0.2) is 0 Å². The highest BCUT2D eigenvalue weighted by Crippen LogP contribution is 2.21. The lowest BCUT2D eigenvalue weighted by Gasteiger charge is -2.35. The third-order valence-electron chi connectivity index (χ3n) is 4.34. The summed E-state index contributed by atoms with van der Waals surface area (Å²) in [6.45, 7) is 7.01. The van der Waals surface area contributed by atoms with E-state index >= 15 is 0 Å². The number of anilines is 1. The van der Waals surface area contributed by atoms with Crippen molar-refractivity contribution in [3.05, 3.63) is 30.3 Å². The van der Waals surface area contributed by atoms with Gasteiger partial charge in [-0.05, 0) is 44.9 Å². The molecule has 1 fully saturated rings. The van der Waals surface area contributed by atoms with Crippen molar-refractivity contribution >= 4 is 5.69 Å². The SMILES string of the molecule is CCC1CCCCCN1C(C)CNc1ccccc1. The van der Waals surface area contributed by atoms with Gasteiger partial charge in [0.05, 0.1) is 0 Å². The van der Waals surface area contributed by atoms with Crippen molar-refractivity contribution in [3.63, 3.8) is 0 Å². The average Bonchev–Trinajstić information content (AvgIpc) is 2.71. The molecule has 19 heavy (non-hydrogen) atoms. The number of para-hydroxylation sites is 1. The molecule has 0 amide bonds. The van der Waals surface area contributed by atoms with Gasteiger partial charge in [0, 0.05) is 24.3 Å². The van der Waals surface area contributed by atoms with E-state index in [2.05, 4.69) is 54.4 Å². The molecule has 0 bridgehead atoms. The first-order chi connectivity index (χ1) is 9.31. The lowest BCUT2D eigenvalue weighted by molar-refractivity contribution is 0.148. The predicted molar refractivity (Wildman–Crippen MR) is 83.6 cm³/mol. The second kappa shape index (κ2) is 7.54. The normalized spacial score (nSPS) is 22.7. The molecule has 1 aromatic rings. The van der Waals surface area contributed by atoms with E-state index in [0.717, 1.165) is 12.6 Å². The van der Waals surface area contributed by atoms with Gasteiger partial charge in [0.1, 0.15) is 0 Å². The fourth-order valence-electron chi connectivity index (χ4n) is 3.16. The van der Waals surface area contributed by atoms with E-state index in [1.165, 1.54) is 44.3 Å². The molecular weight excluding hydrogens is 232 g/mol. The highest BCUT2D eigenvalue weighted by molar-refractivity contribution is 5.42. The monoisotopic (exact) mass is 260 g/mol. The van der Waals surface area contributed by atoms with Crippen LogP contribution in [-0.2, 0) is 0 Å². The summed E-state index contributed by atoms with van der Waals surface area (Å²) in [6, 6.07) is 11.9. The first kappa shape index (κ1) is 14.4. The molecule has 0 spiro atoms. The minimum absolute atomic E-state index is 0.614. The first-order valence-corrected chi connectivity index (χ1v) is 7.86. The molecule has 1 heterocycles. The van der Waals surface area contributed by atoms with Gasteiger partial charge in [0.25, 0.3) is 0 Å². The molecular formula is C17H28N2. The van der Waals surface area contributed by atoms with Crippen molar-refractivity contribution in [3.8, 4) is 0 Å². The van der Waals surface area contributed by atoms with E-state index < -0.39 is 0 Å². The molecule has 1 aromatic carbocycles. The molecule has 2 nitrogen and oxygen atoms in total. The summed E-state index contributed by atoms with van der Waals surface area (Å²) in [6.07, 6.45) is 6.85. The fourth-order valence-corrected chi connectivity index (χ4v) is 3.16. The molecule has 1 N–H and O–H groups in total. The predicted octanol–water partition coefficient (Wildman–Crippen LogP) is 4.14. The summed E-state index contributed by atoms with van der Waals surface area (Å²) in [5, 5.41) is 3.57. The van der Waals surface area contributed by atoms with Crippen LogP contribution in [-0.4, -0.2) is 30.1 Å². The standard InChI is InChI=1S/C17H28N2/c1-3-17-12-8-5-9-13-19(17)15(2)14-18-16-10-6-4-7-11-16/h4,6-7,10-11,15,17-18H,3,5,8-9,12-14H2,1-2H3. The van der Waals surface area contributed by atoms with Crippen LogP contribution in [0.5, 0.6) is 0 Å². The number of likely N-dealkylation sites (tertiary alicyclic amines) is 1. The van der Waals surface area contributed by atoms with Crippen LogP contribution < -0.4 is 5.32 Å². The van der Waals surface area contributed by atoms with Gasteiger partial charge in [0.15, 0.2) is 0 Å².